The van der Waals surface area contributed by atoms with Gasteiger partial charge in [-0.2, -0.15) is 0 Å². The third-order valence-corrected chi connectivity index (χ3v) is 2.76. The molecule has 2 rings (SSSR count). The maximum Gasteiger partial charge on any atom is -0.00204 e. The molecule has 0 unspecified atom stereocenters. The van der Waals surface area contributed by atoms with Crippen molar-refractivity contribution in [1.29, 1.82) is 0 Å². The van der Waals surface area contributed by atoms with Crippen molar-refractivity contribution in [3.63, 3.8) is 0 Å². The fourth-order valence-electron chi connectivity index (χ4n) is 1.95. The molecule has 10 heavy (non-hydrogen) atoms. The summed E-state index contributed by atoms with van der Waals surface area (Å²) in [6.45, 7) is 2.57. The summed E-state index contributed by atoms with van der Waals surface area (Å²) in [7, 11) is 0. The van der Waals surface area contributed by atoms with Crippen molar-refractivity contribution >= 4 is 0 Å². The average Bonchev–Trinajstić information content (AvgIpc) is 2.74. The van der Waals surface area contributed by atoms with Gasteiger partial charge in [-0.15, -0.1) is 0 Å². The van der Waals surface area contributed by atoms with Crippen LogP contribution in [0.1, 0.15) is 32.1 Å². The van der Waals surface area contributed by atoms with Crippen LogP contribution in [0.25, 0.3) is 0 Å². The third-order valence-electron chi connectivity index (χ3n) is 2.76. The molecule has 2 aliphatic rings. The largest absolute Gasteiger partial charge is 0.316 e. The fraction of sp³-hybridized carbons (Fsp3) is 1.00. The molecule has 1 saturated carbocycles. The molecule has 1 atom stereocenters. The van der Waals surface area contributed by atoms with E-state index in [0.717, 1.165) is 11.8 Å². The molecule has 58 valence electrons. The maximum absolute atomic E-state index is 3.47. The lowest BCUT2D eigenvalue weighted by molar-refractivity contribution is 0.344. The molecule has 1 aliphatic carbocycles. The van der Waals surface area contributed by atoms with Crippen LogP contribution in [0.15, 0.2) is 0 Å². The lowest BCUT2D eigenvalue weighted by Crippen LogP contribution is -2.29. The van der Waals surface area contributed by atoms with Crippen LogP contribution >= 0.6 is 0 Å². The van der Waals surface area contributed by atoms with Gasteiger partial charge in [0.15, 0.2) is 0 Å². The van der Waals surface area contributed by atoms with Crippen molar-refractivity contribution < 1.29 is 0 Å². The first-order valence-corrected chi connectivity index (χ1v) is 4.66. The summed E-state index contributed by atoms with van der Waals surface area (Å²) in [5.41, 5.74) is 0. The van der Waals surface area contributed by atoms with E-state index in [1.54, 1.807) is 0 Å². The molecule has 1 saturated heterocycles. The quantitative estimate of drug-likeness (QED) is 0.615. The molecule has 0 aromatic heterocycles. The summed E-state index contributed by atoms with van der Waals surface area (Å²) in [4.78, 5) is 0. The highest BCUT2D eigenvalue weighted by atomic mass is 14.9. The second-order valence-corrected chi connectivity index (χ2v) is 3.89. The van der Waals surface area contributed by atoms with Gasteiger partial charge in [0.1, 0.15) is 0 Å². The molecule has 1 heterocycles. The van der Waals surface area contributed by atoms with Crippen LogP contribution in [0.3, 0.4) is 0 Å². The average molecular weight is 139 g/mol. The molecule has 1 aliphatic heterocycles. The Morgan fingerprint density at radius 3 is 2.60 bits per heavy atom. The summed E-state index contributed by atoms with van der Waals surface area (Å²) >= 11 is 0. The molecule has 0 amide bonds. The van der Waals surface area contributed by atoms with E-state index in [2.05, 4.69) is 5.32 Å². The van der Waals surface area contributed by atoms with E-state index in [-0.39, 0.29) is 0 Å². The van der Waals surface area contributed by atoms with Gasteiger partial charge in [-0.1, -0.05) is 12.8 Å². The van der Waals surface area contributed by atoms with Crippen molar-refractivity contribution in [2.45, 2.75) is 32.1 Å². The van der Waals surface area contributed by atoms with Gasteiger partial charge in [0.2, 0.25) is 0 Å². The smallest absolute Gasteiger partial charge is 0.00204 e. The first-order chi connectivity index (χ1) is 4.95. The Hall–Kier alpha value is -0.0400. The topological polar surface area (TPSA) is 12.0 Å². The van der Waals surface area contributed by atoms with Gasteiger partial charge >= 0.3 is 0 Å². The zero-order valence-electron chi connectivity index (χ0n) is 6.60. The minimum Gasteiger partial charge on any atom is -0.316 e. The Labute approximate surface area is 63.2 Å². The van der Waals surface area contributed by atoms with Crippen LogP contribution in [0.4, 0.5) is 0 Å². The Balaban J connectivity index is 1.69. The minimum atomic E-state index is 1.03. The van der Waals surface area contributed by atoms with Crippen molar-refractivity contribution in [3.8, 4) is 0 Å². The van der Waals surface area contributed by atoms with Gasteiger partial charge in [-0.25, -0.2) is 0 Å². The van der Waals surface area contributed by atoms with Crippen LogP contribution in [-0.4, -0.2) is 13.1 Å². The van der Waals surface area contributed by atoms with Crippen molar-refractivity contribution in [1.82, 2.24) is 5.32 Å². The van der Waals surface area contributed by atoms with Crippen molar-refractivity contribution in [2.24, 2.45) is 11.8 Å². The van der Waals surface area contributed by atoms with Gasteiger partial charge in [0.25, 0.3) is 0 Å². The summed E-state index contributed by atoms with van der Waals surface area (Å²) in [5.74, 6) is 2.16. The van der Waals surface area contributed by atoms with E-state index >= 15 is 0 Å². The highest BCUT2D eigenvalue weighted by molar-refractivity contribution is 4.79. The van der Waals surface area contributed by atoms with E-state index < -0.39 is 0 Å². The van der Waals surface area contributed by atoms with Crippen LogP contribution in [0, 0.1) is 11.8 Å². The van der Waals surface area contributed by atoms with E-state index in [9.17, 15) is 0 Å². The van der Waals surface area contributed by atoms with E-state index in [4.69, 9.17) is 0 Å². The normalized spacial score (nSPS) is 34.2. The molecule has 0 bridgehead atoms. The van der Waals surface area contributed by atoms with Crippen LogP contribution < -0.4 is 5.32 Å². The maximum atomic E-state index is 3.47. The zero-order valence-corrected chi connectivity index (χ0v) is 6.60. The Morgan fingerprint density at radius 1 is 1.10 bits per heavy atom. The molecule has 2 fully saturated rings. The SMILES string of the molecule is C1CNC[C@@H](CC2CC2)C1. The second-order valence-electron chi connectivity index (χ2n) is 3.89. The Morgan fingerprint density at radius 2 is 2.00 bits per heavy atom. The number of hydrogen-bond donors (Lipinski definition) is 1. The Kier molecular flexibility index (Phi) is 1.94. The van der Waals surface area contributed by atoms with Gasteiger partial charge in [0, 0.05) is 0 Å². The zero-order chi connectivity index (χ0) is 6.81. The lowest BCUT2D eigenvalue weighted by Gasteiger charge is -2.22. The lowest BCUT2D eigenvalue weighted by atomic mass is 9.94. The molecule has 0 radical (unpaired) electrons. The predicted octanol–water partition coefficient (Wildman–Crippen LogP) is 1.79. The van der Waals surface area contributed by atoms with E-state index in [1.165, 1.54) is 45.2 Å². The summed E-state index contributed by atoms with van der Waals surface area (Å²) in [6.07, 6.45) is 7.47. The van der Waals surface area contributed by atoms with E-state index in [1.807, 2.05) is 0 Å². The van der Waals surface area contributed by atoms with Crippen molar-refractivity contribution in [2.75, 3.05) is 13.1 Å². The summed E-state index contributed by atoms with van der Waals surface area (Å²) in [5, 5.41) is 3.47. The number of piperidine rings is 1. The van der Waals surface area contributed by atoms with Gasteiger partial charge in [0.05, 0.1) is 0 Å². The van der Waals surface area contributed by atoms with Gasteiger partial charge in [-0.3, -0.25) is 0 Å². The minimum absolute atomic E-state index is 1.03. The molecule has 0 aromatic rings. The highest BCUT2D eigenvalue weighted by Gasteiger charge is 2.25. The van der Waals surface area contributed by atoms with Gasteiger partial charge in [-0.05, 0) is 44.2 Å². The molecule has 0 spiro atoms. The summed E-state index contributed by atoms with van der Waals surface area (Å²) < 4.78 is 0. The van der Waals surface area contributed by atoms with Crippen LogP contribution in [0.5, 0.6) is 0 Å². The first kappa shape index (κ1) is 6.66. The molecule has 1 heteroatoms. The van der Waals surface area contributed by atoms with Crippen LogP contribution in [-0.2, 0) is 0 Å². The third kappa shape index (κ3) is 1.72. The van der Waals surface area contributed by atoms with Gasteiger partial charge < -0.3 is 5.32 Å². The first-order valence-electron chi connectivity index (χ1n) is 4.66. The molecule has 1 nitrogen and oxygen atoms in total. The number of nitrogens with one attached hydrogen (secondary N) is 1. The highest BCUT2D eigenvalue weighted by Crippen LogP contribution is 2.36. The Bertz CT molecular complexity index is 101. The predicted molar refractivity (Wildman–Crippen MR) is 42.9 cm³/mol. The molecular weight excluding hydrogens is 122 g/mol. The molecule has 1 N–H and O–H groups in total. The fourth-order valence-corrected chi connectivity index (χ4v) is 1.95. The number of rotatable bonds is 2. The standard InChI is InChI=1S/C9H17N/c1-2-9(7-10-5-1)6-8-3-4-8/h8-10H,1-7H2/t9-/m1/s1. The summed E-state index contributed by atoms with van der Waals surface area (Å²) in [6, 6.07) is 0. The van der Waals surface area contributed by atoms with Crippen LogP contribution in [0.2, 0.25) is 0 Å². The molecular formula is C9H17N. The number of hydrogen-bond acceptors (Lipinski definition) is 1. The molecule has 0 aromatic carbocycles. The van der Waals surface area contributed by atoms with Crippen molar-refractivity contribution in [3.05, 3.63) is 0 Å². The monoisotopic (exact) mass is 139 g/mol. The van der Waals surface area contributed by atoms with E-state index in [0.29, 0.717) is 0 Å². The second kappa shape index (κ2) is 2.91.